The molecular weight excluding hydrogens is 378 g/mol. The smallest absolute Gasteiger partial charge is 0.327 e. The highest BCUT2D eigenvalue weighted by Crippen LogP contribution is 2.24. The molecule has 0 fully saturated rings. The Bertz CT molecular complexity index is 881. The number of carboxylic acid groups (broad SMARTS) is 1. The van der Waals surface area contributed by atoms with Crippen molar-refractivity contribution in [1.82, 2.24) is 5.32 Å². The molecular formula is C21H21NO5S. The molecule has 2 aromatic carbocycles. The van der Waals surface area contributed by atoms with E-state index in [0.717, 1.165) is 11.8 Å². The fourth-order valence-electron chi connectivity index (χ4n) is 2.55. The van der Waals surface area contributed by atoms with Crippen LogP contribution < -0.4 is 5.32 Å². The number of hydrogen-bond acceptors (Lipinski definition) is 5. The van der Waals surface area contributed by atoms with Crippen molar-refractivity contribution in [3.05, 3.63) is 71.3 Å². The number of ketones is 1. The second kappa shape index (κ2) is 9.85. The zero-order chi connectivity index (χ0) is 20.7. The predicted octanol–water partition coefficient (Wildman–Crippen LogP) is 2.87. The Labute approximate surface area is 167 Å². The third kappa shape index (κ3) is 5.79. The monoisotopic (exact) mass is 399 g/mol. The topological polar surface area (TPSA) is 101 Å². The summed E-state index contributed by atoms with van der Waals surface area (Å²) in [6, 6.07) is 14.6. The van der Waals surface area contributed by atoms with E-state index >= 15 is 0 Å². The fourth-order valence-corrected chi connectivity index (χ4v) is 3.49. The van der Waals surface area contributed by atoms with Gasteiger partial charge in [0, 0.05) is 23.8 Å². The number of rotatable bonds is 8. The Morgan fingerprint density at radius 2 is 1.64 bits per heavy atom. The van der Waals surface area contributed by atoms with Crippen LogP contribution in [0.15, 0.2) is 54.6 Å². The number of carbonyl (C=O) groups is 4. The van der Waals surface area contributed by atoms with Gasteiger partial charge in [-0.3, -0.25) is 14.4 Å². The van der Waals surface area contributed by atoms with Gasteiger partial charge in [0.25, 0.3) is 0 Å². The lowest BCUT2D eigenvalue weighted by molar-refractivity contribution is -0.140. The Morgan fingerprint density at radius 3 is 2.25 bits per heavy atom. The average molecular weight is 399 g/mol. The minimum atomic E-state index is -1.20. The van der Waals surface area contributed by atoms with E-state index in [4.69, 9.17) is 5.11 Å². The molecule has 0 bridgehead atoms. The summed E-state index contributed by atoms with van der Waals surface area (Å²) in [6.07, 6.45) is 0. The number of carboxylic acids is 1. The van der Waals surface area contributed by atoms with Crippen molar-refractivity contribution in [2.45, 2.75) is 25.8 Å². The van der Waals surface area contributed by atoms with Gasteiger partial charge in [-0.2, -0.15) is 0 Å². The van der Waals surface area contributed by atoms with Crippen LogP contribution in [0, 0.1) is 0 Å². The van der Waals surface area contributed by atoms with Crippen molar-refractivity contribution in [3.8, 4) is 0 Å². The highest BCUT2D eigenvalue weighted by molar-refractivity contribution is 8.13. The number of nitrogens with one attached hydrogen (secondary N) is 1. The van der Waals surface area contributed by atoms with E-state index in [2.05, 4.69) is 5.32 Å². The van der Waals surface area contributed by atoms with Gasteiger partial charge in [-0.15, -0.1) is 0 Å². The molecule has 0 saturated carbocycles. The van der Waals surface area contributed by atoms with Gasteiger partial charge in [-0.05, 0) is 11.6 Å². The summed E-state index contributed by atoms with van der Waals surface area (Å²) in [5.74, 6) is -2.40. The summed E-state index contributed by atoms with van der Waals surface area (Å²) < 4.78 is 0. The second-order valence-electron chi connectivity index (χ2n) is 6.26. The first kappa shape index (κ1) is 21.4. The van der Waals surface area contributed by atoms with E-state index < -0.39 is 23.8 Å². The lowest BCUT2D eigenvalue weighted by atomic mass is 9.96. The van der Waals surface area contributed by atoms with Crippen molar-refractivity contribution < 1.29 is 24.3 Å². The molecule has 0 spiro atoms. The first-order valence-electron chi connectivity index (χ1n) is 8.66. The molecule has 7 heteroatoms. The van der Waals surface area contributed by atoms with Crippen LogP contribution in [0.25, 0.3) is 0 Å². The fraction of sp³-hybridized carbons (Fsp3) is 0.238. The van der Waals surface area contributed by atoms with Crippen LogP contribution in [0.3, 0.4) is 0 Å². The van der Waals surface area contributed by atoms with E-state index in [-0.39, 0.29) is 16.7 Å². The Morgan fingerprint density at radius 1 is 1.00 bits per heavy atom. The van der Waals surface area contributed by atoms with Crippen molar-refractivity contribution in [3.63, 3.8) is 0 Å². The zero-order valence-electron chi connectivity index (χ0n) is 15.5. The van der Waals surface area contributed by atoms with Crippen LogP contribution in [0.5, 0.6) is 0 Å². The SMILES string of the molecule is CC(=O)N[C@@H](CSC(=O)C(C)c1cccc(C(=O)c2ccccc2)c1)C(=O)O. The summed E-state index contributed by atoms with van der Waals surface area (Å²) in [5, 5.41) is 11.2. The number of thioether (sulfide) groups is 1. The summed E-state index contributed by atoms with van der Waals surface area (Å²) in [5.41, 5.74) is 1.72. The lowest BCUT2D eigenvalue weighted by Gasteiger charge is -2.15. The van der Waals surface area contributed by atoms with Gasteiger partial charge >= 0.3 is 5.97 Å². The molecule has 0 aliphatic heterocycles. The number of benzene rings is 2. The van der Waals surface area contributed by atoms with E-state index in [1.807, 2.05) is 6.07 Å². The molecule has 0 aliphatic rings. The first-order chi connectivity index (χ1) is 13.3. The van der Waals surface area contributed by atoms with Crippen LogP contribution in [0.4, 0.5) is 0 Å². The quantitative estimate of drug-likeness (QED) is 0.662. The Hall–Kier alpha value is -2.93. The zero-order valence-corrected chi connectivity index (χ0v) is 16.4. The molecule has 0 heterocycles. The molecule has 2 atom stereocenters. The third-order valence-corrected chi connectivity index (χ3v) is 5.24. The summed E-state index contributed by atoms with van der Waals surface area (Å²) in [7, 11) is 0. The van der Waals surface area contributed by atoms with Crippen LogP contribution in [-0.4, -0.2) is 39.7 Å². The summed E-state index contributed by atoms with van der Waals surface area (Å²) >= 11 is 0.849. The Balaban J connectivity index is 2.08. The van der Waals surface area contributed by atoms with Gasteiger partial charge in [0.1, 0.15) is 6.04 Å². The van der Waals surface area contributed by atoms with Crippen molar-refractivity contribution in [2.75, 3.05) is 5.75 Å². The molecule has 1 amide bonds. The molecule has 0 radical (unpaired) electrons. The minimum absolute atomic E-state index is 0.0687. The molecule has 0 aromatic heterocycles. The summed E-state index contributed by atoms with van der Waals surface area (Å²) in [6.45, 7) is 2.93. The maximum Gasteiger partial charge on any atom is 0.327 e. The van der Waals surface area contributed by atoms with Gasteiger partial charge in [0.05, 0.1) is 5.92 Å². The number of carbonyl (C=O) groups excluding carboxylic acids is 3. The summed E-state index contributed by atoms with van der Waals surface area (Å²) in [4.78, 5) is 47.3. The predicted molar refractivity (Wildman–Crippen MR) is 107 cm³/mol. The number of hydrogen-bond donors (Lipinski definition) is 2. The van der Waals surface area contributed by atoms with Crippen molar-refractivity contribution in [2.24, 2.45) is 0 Å². The van der Waals surface area contributed by atoms with Crippen LogP contribution in [-0.2, 0) is 14.4 Å². The Kier molecular flexibility index (Phi) is 7.52. The van der Waals surface area contributed by atoms with Gasteiger partial charge in [0.2, 0.25) is 5.91 Å². The van der Waals surface area contributed by atoms with Crippen LogP contribution >= 0.6 is 11.8 Å². The number of aliphatic carboxylic acids is 1. The van der Waals surface area contributed by atoms with Gasteiger partial charge in [-0.1, -0.05) is 67.2 Å². The average Bonchev–Trinajstić information content (AvgIpc) is 2.70. The third-order valence-electron chi connectivity index (χ3n) is 4.11. The van der Waals surface area contributed by atoms with Crippen LogP contribution in [0.1, 0.15) is 41.3 Å². The standard InChI is InChI=1S/C21H21NO5S/c1-13(21(27)28-12-18(20(25)26)22-14(2)23)16-9-6-10-17(11-16)19(24)15-7-4-3-5-8-15/h3-11,13,18H,12H2,1-2H3,(H,22,23)(H,25,26)/t13?,18-/m0/s1. The van der Waals surface area contributed by atoms with Gasteiger partial charge < -0.3 is 10.4 Å². The van der Waals surface area contributed by atoms with Gasteiger partial charge in [-0.25, -0.2) is 4.79 Å². The molecule has 2 N–H and O–H groups in total. The molecule has 2 aromatic rings. The van der Waals surface area contributed by atoms with E-state index in [9.17, 15) is 19.2 Å². The largest absolute Gasteiger partial charge is 0.480 e. The maximum atomic E-state index is 12.6. The molecule has 6 nitrogen and oxygen atoms in total. The minimum Gasteiger partial charge on any atom is -0.480 e. The molecule has 146 valence electrons. The van der Waals surface area contributed by atoms with Crippen molar-refractivity contribution >= 4 is 34.5 Å². The molecule has 28 heavy (non-hydrogen) atoms. The molecule has 2 rings (SSSR count). The molecule has 0 aliphatic carbocycles. The maximum absolute atomic E-state index is 12.6. The van der Waals surface area contributed by atoms with E-state index in [1.54, 1.807) is 55.5 Å². The van der Waals surface area contributed by atoms with Crippen LogP contribution in [0.2, 0.25) is 0 Å². The van der Waals surface area contributed by atoms with Gasteiger partial charge in [0.15, 0.2) is 10.9 Å². The first-order valence-corrected chi connectivity index (χ1v) is 9.64. The molecule has 0 saturated heterocycles. The highest BCUT2D eigenvalue weighted by Gasteiger charge is 2.23. The lowest BCUT2D eigenvalue weighted by Crippen LogP contribution is -2.41. The highest BCUT2D eigenvalue weighted by atomic mass is 32.2. The normalized spacial score (nSPS) is 12.6. The molecule has 1 unspecified atom stereocenters. The van der Waals surface area contributed by atoms with Crippen molar-refractivity contribution in [1.29, 1.82) is 0 Å². The number of amides is 1. The van der Waals surface area contributed by atoms with E-state index in [0.29, 0.717) is 16.7 Å². The van der Waals surface area contributed by atoms with E-state index in [1.165, 1.54) is 6.92 Å². The second-order valence-corrected chi connectivity index (χ2v) is 7.29.